The minimum absolute atomic E-state index is 0.0630. The van der Waals surface area contributed by atoms with Crippen LogP contribution < -0.4 is 4.74 Å². The minimum atomic E-state index is -0.458. The lowest BCUT2D eigenvalue weighted by Gasteiger charge is -2.18. The monoisotopic (exact) mass is 339 g/mol. The molecular weight excluding hydrogens is 322 g/mol. The van der Waals surface area contributed by atoms with Gasteiger partial charge in [0.25, 0.3) is 5.69 Å². The summed E-state index contributed by atoms with van der Waals surface area (Å²) in [5, 5.41) is 11.4. The zero-order valence-corrected chi connectivity index (χ0v) is 13.5. The average Bonchev–Trinajstić information content (AvgIpc) is 2.66. The molecule has 1 heterocycles. The van der Waals surface area contributed by atoms with Gasteiger partial charge in [-0.25, -0.2) is 0 Å². The maximum atomic E-state index is 11.4. The number of carbonyl (C=O) groups is 1. The Morgan fingerprint density at radius 2 is 2.00 bits per heavy atom. The molecule has 2 aromatic carbocycles. The van der Waals surface area contributed by atoms with Gasteiger partial charge in [-0.05, 0) is 29.7 Å². The highest BCUT2D eigenvalue weighted by Crippen LogP contribution is 2.34. The van der Waals surface area contributed by atoms with E-state index in [2.05, 4.69) is 0 Å². The van der Waals surface area contributed by atoms with E-state index in [0.29, 0.717) is 42.1 Å². The molecule has 1 aliphatic heterocycles. The Morgan fingerprint density at radius 3 is 2.72 bits per heavy atom. The summed E-state index contributed by atoms with van der Waals surface area (Å²) in [5.41, 5.74) is 2.40. The highest BCUT2D eigenvalue weighted by atomic mass is 16.6. The zero-order chi connectivity index (χ0) is 17.6. The quantitative estimate of drug-likeness (QED) is 0.457. The van der Waals surface area contributed by atoms with E-state index in [1.165, 1.54) is 6.07 Å². The first kappa shape index (κ1) is 16.9. The molecule has 1 aliphatic rings. The third kappa shape index (κ3) is 3.92. The van der Waals surface area contributed by atoms with Crippen molar-refractivity contribution in [1.82, 2.24) is 0 Å². The van der Waals surface area contributed by atoms with E-state index >= 15 is 0 Å². The van der Waals surface area contributed by atoms with Gasteiger partial charge >= 0.3 is 0 Å². The summed E-state index contributed by atoms with van der Waals surface area (Å²) >= 11 is 0. The van der Waals surface area contributed by atoms with E-state index in [0.717, 1.165) is 11.8 Å². The normalized spacial score (nSPS) is 14.2. The fraction of sp³-hybridized carbons (Fsp3) is 0.211. The van der Waals surface area contributed by atoms with Crippen LogP contribution in [0.25, 0.3) is 5.57 Å². The van der Waals surface area contributed by atoms with Gasteiger partial charge in [-0.15, -0.1) is 0 Å². The summed E-state index contributed by atoms with van der Waals surface area (Å²) in [7, 11) is 0. The minimum Gasteiger partial charge on any atom is -0.489 e. The molecule has 0 atom stereocenters. The molecule has 128 valence electrons. The summed E-state index contributed by atoms with van der Waals surface area (Å²) in [6.07, 6.45) is 1.20. The molecule has 2 aromatic rings. The molecule has 25 heavy (non-hydrogen) atoms. The molecule has 0 radical (unpaired) electrons. The van der Waals surface area contributed by atoms with Crippen molar-refractivity contribution in [3.05, 3.63) is 75.3 Å². The van der Waals surface area contributed by atoms with Crippen LogP contribution in [0.4, 0.5) is 5.69 Å². The molecule has 0 saturated carbocycles. The lowest BCUT2D eigenvalue weighted by atomic mass is 9.96. The number of nitrogens with zero attached hydrogens (tertiary/aromatic N) is 1. The second-order valence-electron chi connectivity index (χ2n) is 5.63. The van der Waals surface area contributed by atoms with Crippen molar-refractivity contribution in [3.63, 3.8) is 0 Å². The van der Waals surface area contributed by atoms with Crippen LogP contribution in [0.2, 0.25) is 0 Å². The van der Waals surface area contributed by atoms with E-state index in [1.807, 2.05) is 30.3 Å². The van der Waals surface area contributed by atoms with E-state index in [1.54, 1.807) is 12.1 Å². The van der Waals surface area contributed by atoms with Crippen LogP contribution in [-0.4, -0.2) is 24.4 Å². The third-order valence-corrected chi connectivity index (χ3v) is 4.03. The molecule has 0 aliphatic carbocycles. The second-order valence-corrected chi connectivity index (χ2v) is 5.63. The number of hydrogen-bond donors (Lipinski definition) is 0. The smallest absolute Gasteiger partial charge is 0.277 e. The highest BCUT2D eigenvalue weighted by molar-refractivity contribution is 5.91. The van der Waals surface area contributed by atoms with E-state index < -0.39 is 4.92 Å². The standard InChI is InChI=1S/C19H17NO5/c21-11-15-8-9-24-13-18(15)17-10-16(6-7-19(17)20(22)23)25-12-14-4-2-1-3-5-14/h1-7,10-11H,8-9,12-13H2. The molecule has 6 nitrogen and oxygen atoms in total. The SMILES string of the molecule is O=CC1=C(c2cc(OCc3ccccc3)ccc2[N+](=O)[O-])COCC1. The average molecular weight is 339 g/mol. The number of rotatable bonds is 6. The number of nitro benzene ring substituents is 1. The van der Waals surface area contributed by atoms with Gasteiger partial charge in [0, 0.05) is 11.6 Å². The van der Waals surface area contributed by atoms with Crippen LogP contribution in [0.3, 0.4) is 0 Å². The molecule has 0 fully saturated rings. The number of aldehydes is 1. The summed E-state index contributed by atoms with van der Waals surface area (Å²) in [4.78, 5) is 22.2. The van der Waals surface area contributed by atoms with Crippen LogP contribution in [0, 0.1) is 10.1 Å². The molecule has 0 unspecified atom stereocenters. The molecule has 0 amide bonds. The molecular formula is C19H17NO5. The summed E-state index contributed by atoms with van der Waals surface area (Å²) < 4.78 is 11.1. The van der Waals surface area contributed by atoms with Gasteiger partial charge in [-0.3, -0.25) is 14.9 Å². The Kier molecular flexibility index (Phi) is 5.20. The van der Waals surface area contributed by atoms with Gasteiger partial charge in [0.05, 0.1) is 23.7 Å². The fourth-order valence-electron chi connectivity index (χ4n) is 2.73. The molecule has 0 saturated heterocycles. The number of ether oxygens (including phenoxy) is 2. The highest BCUT2D eigenvalue weighted by Gasteiger charge is 2.23. The van der Waals surface area contributed by atoms with E-state index in [4.69, 9.17) is 9.47 Å². The van der Waals surface area contributed by atoms with Gasteiger partial charge in [-0.2, -0.15) is 0 Å². The lowest BCUT2D eigenvalue weighted by Crippen LogP contribution is -2.12. The fourth-order valence-corrected chi connectivity index (χ4v) is 2.73. The zero-order valence-electron chi connectivity index (χ0n) is 13.5. The van der Waals surface area contributed by atoms with Crippen molar-refractivity contribution in [2.45, 2.75) is 13.0 Å². The number of nitro groups is 1. The summed E-state index contributed by atoms with van der Waals surface area (Å²) in [6.45, 7) is 0.973. The van der Waals surface area contributed by atoms with Crippen LogP contribution in [0.1, 0.15) is 17.5 Å². The molecule has 0 spiro atoms. The summed E-state index contributed by atoms with van der Waals surface area (Å²) in [6, 6.07) is 14.2. The Labute approximate surface area is 144 Å². The predicted molar refractivity (Wildman–Crippen MR) is 92.3 cm³/mol. The number of carbonyl (C=O) groups excluding carboxylic acids is 1. The van der Waals surface area contributed by atoms with Gasteiger partial charge in [0.1, 0.15) is 18.6 Å². The maximum Gasteiger partial charge on any atom is 0.277 e. The molecule has 0 N–H and O–H groups in total. The summed E-state index contributed by atoms with van der Waals surface area (Å²) in [5.74, 6) is 0.507. The van der Waals surface area contributed by atoms with Crippen LogP contribution in [0.5, 0.6) is 5.75 Å². The third-order valence-electron chi connectivity index (χ3n) is 4.03. The first-order valence-electron chi connectivity index (χ1n) is 7.89. The van der Waals surface area contributed by atoms with Crippen LogP contribution in [0.15, 0.2) is 54.1 Å². The van der Waals surface area contributed by atoms with Crippen molar-refractivity contribution in [1.29, 1.82) is 0 Å². The van der Waals surface area contributed by atoms with Crippen molar-refractivity contribution in [3.8, 4) is 5.75 Å². The van der Waals surface area contributed by atoms with Crippen LogP contribution >= 0.6 is 0 Å². The van der Waals surface area contributed by atoms with Crippen molar-refractivity contribution >= 4 is 17.5 Å². The van der Waals surface area contributed by atoms with E-state index in [9.17, 15) is 14.9 Å². The maximum absolute atomic E-state index is 11.4. The largest absolute Gasteiger partial charge is 0.489 e. The lowest BCUT2D eigenvalue weighted by molar-refractivity contribution is -0.385. The molecule has 3 rings (SSSR count). The Hall–Kier alpha value is -2.99. The number of benzene rings is 2. The van der Waals surface area contributed by atoms with Crippen LogP contribution in [-0.2, 0) is 16.1 Å². The Bertz CT molecular complexity index is 814. The first-order chi connectivity index (χ1) is 12.2. The van der Waals surface area contributed by atoms with Crippen molar-refractivity contribution in [2.75, 3.05) is 13.2 Å². The Morgan fingerprint density at radius 1 is 1.20 bits per heavy atom. The Balaban J connectivity index is 1.93. The molecule has 0 aromatic heterocycles. The first-order valence-corrected chi connectivity index (χ1v) is 7.89. The van der Waals surface area contributed by atoms with Gasteiger partial charge in [0.15, 0.2) is 0 Å². The van der Waals surface area contributed by atoms with Gasteiger partial charge < -0.3 is 9.47 Å². The van der Waals surface area contributed by atoms with Crippen molar-refractivity contribution in [2.24, 2.45) is 0 Å². The van der Waals surface area contributed by atoms with E-state index in [-0.39, 0.29) is 12.3 Å². The molecule has 0 bridgehead atoms. The van der Waals surface area contributed by atoms with Crippen molar-refractivity contribution < 1.29 is 19.2 Å². The topological polar surface area (TPSA) is 78.7 Å². The predicted octanol–water partition coefficient (Wildman–Crippen LogP) is 3.55. The molecule has 6 heteroatoms. The second kappa shape index (κ2) is 7.72. The van der Waals surface area contributed by atoms with Gasteiger partial charge in [0.2, 0.25) is 0 Å². The number of hydrogen-bond acceptors (Lipinski definition) is 5. The van der Waals surface area contributed by atoms with Gasteiger partial charge in [-0.1, -0.05) is 30.3 Å².